The summed E-state index contributed by atoms with van der Waals surface area (Å²) < 4.78 is 35.1. The third kappa shape index (κ3) is 4.11. The minimum absolute atomic E-state index is 0.223. The summed E-state index contributed by atoms with van der Waals surface area (Å²) in [5.41, 5.74) is 0. The highest BCUT2D eigenvalue weighted by Gasteiger charge is 2.18. The molecule has 0 radical (unpaired) electrons. The summed E-state index contributed by atoms with van der Waals surface area (Å²) in [5, 5.41) is 0.385. The molecule has 2 aromatic rings. The third-order valence-corrected chi connectivity index (χ3v) is 3.57. The van der Waals surface area contributed by atoms with Gasteiger partial charge in [-0.3, -0.25) is 0 Å². The Morgan fingerprint density at radius 3 is 2.71 bits per heavy atom. The molecule has 0 saturated heterocycles. The van der Waals surface area contributed by atoms with E-state index < -0.39 is 0 Å². The second kappa shape index (κ2) is 7.45. The van der Waals surface area contributed by atoms with Crippen molar-refractivity contribution < 1.29 is 23.3 Å². The van der Waals surface area contributed by atoms with Crippen LogP contribution in [0, 0.1) is 5.82 Å². The Morgan fingerprint density at radius 2 is 2.00 bits per heavy atom. The fraction of sp³-hybridized carbons (Fsp3) is 0.222. The predicted octanol–water partition coefficient (Wildman–Crippen LogP) is 5.27. The maximum Gasteiger partial charge on any atom is 0.240 e. The van der Waals surface area contributed by atoms with Gasteiger partial charge in [-0.05, 0) is 24.3 Å². The number of ether oxygens (including phenoxy) is 4. The van der Waals surface area contributed by atoms with E-state index >= 15 is 0 Å². The Kier molecular flexibility index (Phi) is 5.11. The van der Waals surface area contributed by atoms with Crippen molar-refractivity contribution in [3.8, 4) is 17.2 Å². The lowest BCUT2D eigenvalue weighted by Gasteiger charge is -2.12. The van der Waals surface area contributed by atoms with Crippen LogP contribution in [0.3, 0.4) is 0 Å². The van der Waals surface area contributed by atoms with Crippen LogP contribution in [0.4, 0.5) is 4.39 Å². The first-order valence-corrected chi connectivity index (χ1v) is 7.89. The van der Waals surface area contributed by atoms with Crippen molar-refractivity contribution in [2.45, 2.75) is 19.6 Å². The second-order valence-corrected chi connectivity index (χ2v) is 5.52. The fourth-order valence-corrected chi connectivity index (χ4v) is 2.33. The van der Waals surface area contributed by atoms with Gasteiger partial charge >= 0.3 is 0 Å². The molecule has 3 rings (SSSR count). The summed E-state index contributed by atoms with van der Waals surface area (Å²) in [6, 6.07) is 10.9. The van der Waals surface area contributed by atoms with Gasteiger partial charge in [0.15, 0.2) is 5.76 Å². The quantitative estimate of drug-likeness (QED) is 0.710. The zero-order valence-corrected chi connectivity index (χ0v) is 13.8. The molecule has 1 aliphatic heterocycles. The van der Waals surface area contributed by atoms with Crippen molar-refractivity contribution in [3.05, 3.63) is 65.3 Å². The van der Waals surface area contributed by atoms with Crippen molar-refractivity contribution in [2.24, 2.45) is 0 Å². The Morgan fingerprint density at radius 1 is 1.17 bits per heavy atom. The molecular formula is C18H16ClFO4. The highest BCUT2D eigenvalue weighted by molar-refractivity contribution is 6.32. The van der Waals surface area contributed by atoms with E-state index in [1.165, 1.54) is 12.1 Å². The molecule has 1 heterocycles. The Hall–Kier alpha value is -2.40. The van der Waals surface area contributed by atoms with Crippen LogP contribution < -0.4 is 9.47 Å². The lowest BCUT2D eigenvalue weighted by atomic mass is 10.3. The van der Waals surface area contributed by atoms with Gasteiger partial charge in [0.2, 0.25) is 6.29 Å². The average molecular weight is 351 g/mol. The molecule has 126 valence electrons. The molecule has 4 nitrogen and oxygen atoms in total. The van der Waals surface area contributed by atoms with Gasteiger partial charge < -0.3 is 18.9 Å². The first kappa shape index (κ1) is 16.5. The summed E-state index contributed by atoms with van der Waals surface area (Å²) in [7, 11) is 0. The standard InChI is InChI=1S/C18H16ClFO4/c1-2-18-22-11-15(24-18)10-21-17-7-6-14(9-16(17)19)23-13-5-3-4-12(20)8-13/h3-9,11,18H,2,10H2,1H3. The molecule has 0 aromatic heterocycles. The van der Waals surface area contributed by atoms with Crippen LogP contribution in [0.15, 0.2) is 54.5 Å². The highest BCUT2D eigenvalue weighted by atomic mass is 35.5. The average Bonchev–Trinajstić information content (AvgIpc) is 3.02. The first-order valence-electron chi connectivity index (χ1n) is 7.51. The van der Waals surface area contributed by atoms with E-state index in [0.717, 1.165) is 6.42 Å². The molecule has 1 atom stereocenters. The highest BCUT2D eigenvalue weighted by Crippen LogP contribution is 2.32. The van der Waals surface area contributed by atoms with Gasteiger partial charge in [-0.2, -0.15) is 0 Å². The minimum Gasteiger partial charge on any atom is -0.484 e. The van der Waals surface area contributed by atoms with Crippen LogP contribution in [0.25, 0.3) is 0 Å². The van der Waals surface area contributed by atoms with E-state index in [0.29, 0.717) is 28.0 Å². The van der Waals surface area contributed by atoms with Crippen molar-refractivity contribution in [3.63, 3.8) is 0 Å². The summed E-state index contributed by atoms with van der Waals surface area (Å²) in [5.74, 6) is 1.62. The van der Waals surface area contributed by atoms with Crippen LogP contribution in [-0.4, -0.2) is 12.9 Å². The van der Waals surface area contributed by atoms with Crippen molar-refractivity contribution >= 4 is 11.6 Å². The van der Waals surface area contributed by atoms with Crippen LogP contribution >= 0.6 is 11.6 Å². The molecule has 24 heavy (non-hydrogen) atoms. The summed E-state index contributed by atoms with van der Waals surface area (Å²) in [6.07, 6.45) is 2.05. The Labute approximate surface area is 144 Å². The lowest BCUT2D eigenvalue weighted by Crippen LogP contribution is -2.09. The largest absolute Gasteiger partial charge is 0.484 e. The van der Waals surface area contributed by atoms with Crippen molar-refractivity contribution in [1.29, 1.82) is 0 Å². The normalized spacial score (nSPS) is 16.1. The smallest absolute Gasteiger partial charge is 0.240 e. The summed E-state index contributed by atoms with van der Waals surface area (Å²) >= 11 is 6.20. The van der Waals surface area contributed by atoms with Crippen LogP contribution in [0.1, 0.15) is 13.3 Å². The van der Waals surface area contributed by atoms with Gasteiger partial charge in [0.05, 0.1) is 5.02 Å². The molecule has 0 spiro atoms. The number of hydrogen-bond acceptors (Lipinski definition) is 4. The fourth-order valence-electron chi connectivity index (χ4n) is 2.10. The molecule has 6 heteroatoms. The molecule has 1 unspecified atom stereocenters. The van der Waals surface area contributed by atoms with Crippen LogP contribution in [0.2, 0.25) is 5.02 Å². The van der Waals surface area contributed by atoms with E-state index in [1.54, 1.807) is 36.6 Å². The Balaban J connectivity index is 1.60. The summed E-state index contributed by atoms with van der Waals surface area (Å²) in [6.45, 7) is 2.19. The van der Waals surface area contributed by atoms with E-state index in [-0.39, 0.29) is 18.7 Å². The topological polar surface area (TPSA) is 36.9 Å². The molecule has 0 bridgehead atoms. The molecule has 0 aliphatic carbocycles. The van der Waals surface area contributed by atoms with Crippen molar-refractivity contribution in [2.75, 3.05) is 6.61 Å². The molecule has 0 amide bonds. The zero-order chi connectivity index (χ0) is 16.9. The zero-order valence-electron chi connectivity index (χ0n) is 13.0. The lowest BCUT2D eigenvalue weighted by molar-refractivity contribution is -0.0375. The molecule has 1 aliphatic rings. The van der Waals surface area contributed by atoms with Crippen LogP contribution in [0.5, 0.6) is 17.2 Å². The van der Waals surface area contributed by atoms with E-state index in [9.17, 15) is 4.39 Å². The monoisotopic (exact) mass is 350 g/mol. The summed E-state index contributed by atoms with van der Waals surface area (Å²) in [4.78, 5) is 0. The molecular weight excluding hydrogens is 335 g/mol. The second-order valence-electron chi connectivity index (χ2n) is 5.12. The molecule has 0 fully saturated rings. The molecule has 2 aromatic carbocycles. The minimum atomic E-state index is -0.365. The molecule has 0 saturated carbocycles. The SMILES string of the molecule is CCC1OC=C(COc2ccc(Oc3cccc(F)c3)cc2Cl)O1. The number of halogens is 2. The van der Waals surface area contributed by atoms with Gasteiger partial charge in [-0.25, -0.2) is 4.39 Å². The van der Waals surface area contributed by atoms with Crippen molar-refractivity contribution in [1.82, 2.24) is 0 Å². The first-order chi connectivity index (χ1) is 11.6. The number of rotatable bonds is 6. The molecule has 0 N–H and O–H groups in total. The van der Waals surface area contributed by atoms with E-state index in [2.05, 4.69) is 0 Å². The Bertz CT molecular complexity index is 748. The van der Waals surface area contributed by atoms with Gasteiger partial charge in [-0.15, -0.1) is 0 Å². The van der Waals surface area contributed by atoms with Gasteiger partial charge in [-0.1, -0.05) is 24.6 Å². The third-order valence-electron chi connectivity index (χ3n) is 3.27. The predicted molar refractivity (Wildman–Crippen MR) is 87.8 cm³/mol. The number of hydrogen-bond donors (Lipinski definition) is 0. The maximum atomic E-state index is 13.2. The van der Waals surface area contributed by atoms with Gasteiger partial charge in [0.1, 0.15) is 35.9 Å². The van der Waals surface area contributed by atoms with E-state index in [4.69, 9.17) is 30.5 Å². The maximum absolute atomic E-state index is 13.2. The van der Waals surface area contributed by atoms with E-state index in [1.807, 2.05) is 6.92 Å². The number of benzene rings is 2. The van der Waals surface area contributed by atoms with Gasteiger partial charge in [0, 0.05) is 18.6 Å². The van der Waals surface area contributed by atoms with Gasteiger partial charge in [0.25, 0.3) is 0 Å². The van der Waals surface area contributed by atoms with Crippen LogP contribution in [-0.2, 0) is 9.47 Å².